The number of nitrogens with zero attached hydrogens (tertiary/aromatic N) is 1. The summed E-state index contributed by atoms with van der Waals surface area (Å²) in [6, 6.07) is 9.02. The molecule has 0 fully saturated rings. The molecule has 1 N–H and O–H groups in total. The molecule has 0 aliphatic carbocycles. The van der Waals surface area contributed by atoms with Crippen molar-refractivity contribution in [2.24, 2.45) is 0 Å². The number of benzene rings is 1. The van der Waals surface area contributed by atoms with Crippen molar-refractivity contribution in [3.63, 3.8) is 0 Å². The van der Waals surface area contributed by atoms with Crippen molar-refractivity contribution in [2.45, 2.75) is 52.1 Å². The standard InChI is InChI=1S/C17H30N2/c1-16(2,3)15-10-8-14(9-11-15)12-19(7)13-17(4,5)18-6/h8-11,18H,12-13H2,1-7H3. The molecule has 0 aromatic heterocycles. The second-order valence-corrected chi connectivity index (χ2v) is 7.25. The molecule has 0 unspecified atom stereocenters. The van der Waals surface area contributed by atoms with Gasteiger partial charge in [-0.25, -0.2) is 0 Å². The van der Waals surface area contributed by atoms with Crippen molar-refractivity contribution in [3.8, 4) is 0 Å². The van der Waals surface area contributed by atoms with Gasteiger partial charge in [-0.05, 0) is 44.5 Å². The molecule has 1 aromatic carbocycles. The van der Waals surface area contributed by atoms with E-state index in [9.17, 15) is 0 Å². The quantitative estimate of drug-likeness (QED) is 0.875. The van der Waals surface area contributed by atoms with Gasteiger partial charge in [0.05, 0.1) is 0 Å². The smallest absolute Gasteiger partial charge is 0.0249 e. The molecule has 0 heterocycles. The lowest BCUT2D eigenvalue weighted by Crippen LogP contribution is -2.46. The van der Waals surface area contributed by atoms with Gasteiger partial charge in [0.1, 0.15) is 0 Å². The second-order valence-electron chi connectivity index (χ2n) is 7.25. The molecule has 0 aliphatic rings. The molecular weight excluding hydrogens is 232 g/mol. The lowest BCUT2D eigenvalue weighted by atomic mass is 9.87. The molecule has 0 amide bonds. The number of hydrogen-bond donors (Lipinski definition) is 1. The lowest BCUT2D eigenvalue weighted by Gasteiger charge is -2.30. The molecule has 1 aromatic rings. The summed E-state index contributed by atoms with van der Waals surface area (Å²) >= 11 is 0. The monoisotopic (exact) mass is 262 g/mol. The highest BCUT2D eigenvalue weighted by atomic mass is 15.1. The van der Waals surface area contributed by atoms with E-state index in [1.165, 1.54) is 11.1 Å². The minimum atomic E-state index is 0.153. The van der Waals surface area contributed by atoms with Crippen LogP contribution in [-0.2, 0) is 12.0 Å². The number of nitrogens with one attached hydrogen (secondary N) is 1. The van der Waals surface area contributed by atoms with Gasteiger partial charge in [0, 0.05) is 18.6 Å². The van der Waals surface area contributed by atoms with Crippen LogP contribution in [-0.4, -0.2) is 31.1 Å². The molecular formula is C17H30N2. The maximum absolute atomic E-state index is 3.35. The van der Waals surface area contributed by atoms with Gasteiger partial charge in [0.15, 0.2) is 0 Å². The maximum atomic E-state index is 3.35. The van der Waals surface area contributed by atoms with E-state index < -0.39 is 0 Å². The summed E-state index contributed by atoms with van der Waals surface area (Å²) in [5.41, 5.74) is 3.16. The van der Waals surface area contributed by atoms with Gasteiger partial charge in [-0.15, -0.1) is 0 Å². The van der Waals surface area contributed by atoms with Gasteiger partial charge in [-0.2, -0.15) is 0 Å². The zero-order valence-corrected chi connectivity index (χ0v) is 13.7. The molecule has 1 rings (SSSR count). The topological polar surface area (TPSA) is 15.3 Å². The van der Waals surface area contributed by atoms with E-state index in [-0.39, 0.29) is 11.0 Å². The Morgan fingerprint density at radius 1 is 1.00 bits per heavy atom. The summed E-state index contributed by atoms with van der Waals surface area (Å²) in [5.74, 6) is 0. The largest absolute Gasteiger partial charge is 0.314 e. The van der Waals surface area contributed by atoms with Crippen molar-refractivity contribution in [1.29, 1.82) is 0 Å². The minimum absolute atomic E-state index is 0.153. The van der Waals surface area contributed by atoms with Gasteiger partial charge in [-0.3, -0.25) is 0 Å². The number of likely N-dealkylation sites (N-methyl/N-ethyl adjacent to an activating group) is 2. The fraction of sp³-hybridized carbons (Fsp3) is 0.647. The van der Waals surface area contributed by atoms with E-state index in [0.717, 1.165) is 13.1 Å². The first-order chi connectivity index (χ1) is 8.64. The highest BCUT2D eigenvalue weighted by Crippen LogP contribution is 2.22. The van der Waals surface area contributed by atoms with E-state index in [4.69, 9.17) is 0 Å². The van der Waals surface area contributed by atoms with E-state index in [1.807, 2.05) is 7.05 Å². The summed E-state index contributed by atoms with van der Waals surface area (Å²) in [6.07, 6.45) is 0. The Labute approximate surface area is 119 Å². The van der Waals surface area contributed by atoms with Gasteiger partial charge in [0.25, 0.3) is 0 Å². The van der Waals surface area contributed by atoms with Crippen LogP contribution < -0.4 is 5.32 Å². The normalized spacial score (nSPS) is 13.1. The fourth-order valence-electron chi connectivity index (χ4n) is 2.23. The first kappa shape index (κ1) is 16.2. The van der Waals surface area contributed by atoms with Crippen LogP contribution in [0.2, 0.25) is 0 Å². The van der Waals surface area contributed by atoms with Gasteiger partial charge in [0.2, 0.25) is 0 Å². The van der Waals surface area contributed by atoms with Crippen molar-refractivity contribution < 1.29 is 0 Å². The van der Waals surface area contributed by atoms with Crippen LogP contribution in [0.4, 0.5) is 0 Å². The van der Waals surface area contributed by atoms with Crippen LogP contribution in [0.3, 0.4) is 0 Å². The van der Waals surface area contributed by atoms with Crippen LogP contribution in [0.5, 0.6) is 0 Å². The van der Waals surface area contributed by atoms with E-state index >= 15 is 0 Å². The van der Waals surface area contributed by atoms with Crippen LogP contribution in [0, 0.1) is 0 Å². The van der Waals surface area contributed by atoms with Gasteiger partial charge in [-0.1, -0.05) is 45.0 Å². The maximum Gasteiger partial charge on any atom is 0.0249 e. The zero-order valence-electron chi connectivity index (χ0n) is 13.7. The third-order valence-electron chi connectivity index (χ3n) is 3.61. The Morgan fingerprint density at radius 3 is 1.95 bits per heavy atom. The van der Waals surface area contributed by atoms with Crippen molar-refractivity contribution in [3.05, 3.63) is 35.4 Å². The van der Waals surface area contributed by atoms with Crippen LogP contribution in [0.15, 0.2) is 24.3 Å². The van der Waals surface area contributed by atoms with Gasteiger partial charge < -0.3 is 10.2 Å². The van der Waals surface area contributed by atoms with E-state index in [2.05, 4.69) is 76.1 Å². The van der Waals surface area contributed by atoms with E-state index in [1.54, 1.807) is 0 Å². The molecule has 2 nitrogen and oxygen atoms in total. The van der Waals surface area contributed by atoms with Gasteiger partial charge >= 0.3 is 0 Å². The van der Waals surface area contributed by atoms with Crippen molar-refractivity contribution in [2.75, 3.05) is 20.6 Å². The summed E-state index contributed by atoms with van der Waals surface area (Å²) in [7, 11) is 4.20. The molecule has 19 heavy (non-hydrogen) atoms. The third-order valence-corrected chi connectivity index (χ3v) is 3.61. The molecule has 0 aliphatic heterocycles. The summed E-state index contributed by atoms with van der Waals surface area (Å²) < 4.78 is 0. The predicted molar refractivity (Wildman–Crippen MR) is 84.6 cm³/mol. The molecule has 0 bridgehead atoms. The van der Waals surface area contributed by atoms with Crippen molar-refractivity contribution in [1.82, 2.24) is 10.2 Å². The first-order valence-electron chi connectivity index (χ1n) is 7.11. The Bertz CT molecular complexity index is 385. The SMILES string of the molecule is CNC(C)(C)CN(C)Cc1ccc(C(C)(C)C)cc1. The Kier molecular flexibility index (Phi) is 5.17. The molecule has 0 saturated heterocycles. The molecule has 2 heteroatoms. The van der Waals surface area contributed by atoms with Crippen LogP contribution in [0.25, 0.3) is 0 Å². The minimum Gasteiger partial charge on any atom is -0.314 e. The third kappa shape index (κ3) is 5.33. The summed E-state index contributed by atoms with van der Waals surface area (Å²) in [5, 5.41) is 3.35. The highest BCUT2D eigenvalue weighted by Gasteiger charge is 2.17. The van der Waals surface area contributed by atoms with E-state index in [0.29, 0.717) is 0 Å². The number of rotatable bonds is 5. The molecule has 0 saturated carbocycles. The summed E-state index contributed by atoms with van der Waals surface area (Å²) in [6.45, 7) is 13.2. The average molecular weight is 262 g/mol. The highest BCUT2D eigenvalue weighted by molar-refractivity contribution is 5.27. The molecule has 0 spiro atoms. The average Bonchev–Trinajstić information content (AvgIpc) is 2.27. The molecule has 108 valence electrons. The Morgan fingerprint density at radius 2 is 1.53 bits per heavy atom. The fourth-order valence-corrected chi connectivity index (χ4v) is 2.23. The van der Waals surface area contributed by atoms with Crippen LogP contribution in [0.1, 0.15) is 45.7 Å². The first-order valence-corrected chi connectivity index (χ1v) is 7.11. The molecule has 0 atom stereocenters. The van der Waals surface area contributed by atoms with Crippen LogP contribution >= 0.6 is 0 Å². The molecule has 0 radical (unpaired) electrons. The van der Waals surface area contributed by atoms with Crippen molar-refractivity contribution >= 4 is 0 Å². The second kappa shape index (κ2) is 6.06. The zero-order chi connectivity index (χ0) is 14.7. The summed E-state index contributed by atoms with van der Waals surface area (Å²) in [4.78, 5) is 2.36. The lowest BCUT2D eigenvalue weighted by molar-refractivity contribution is 0.238. The Hall–Kier alpha value is -0.860. The predicted octanol–water partition coefficient (Wildman–Crippen LogP) is 3.41. The Balaban J connectivity index is 2.63. The number of hydrogen-bond acceptors (Lipinski definition) is 2.